The van der Waals surface area contributed by atoms with Gasteiger partial charge in [-0.15, -0.1) is 12.4 Å². The molecule has 18 heavy (non-hydrogen) atoms. The zero-order valence-electron chi connectivity index (χ0n) is 11.4. The molecule has 0 aromatic carbocycles. The zero-order chi connectivity index (χ0) is 12.9. The van der Waals surface area contributed by atoms with Gasteiger partial charge in [0.25, 0.3) is 0 Å². The van der Waals surface area contributed by atoms with Gasteiger partial charge in [0, 0.05) is 12.1 Å². The summed E-state index contributed by atoms with van der Waals surface area (Å²) in [5, 5.41) is 0. The second-order valence-corrected chi connectivity index (χ2v) is 6.99. The Hall–Kier alpha value is 0.160. The van der Waals surface area contributed by atoms with Crippen molar-refractivity contribution in [2.75, 3.05) is 12.3 Å². The first kappa shape index (κ1) is 18.2. The molecule has 0 spiro atoms. The second kappa shape index (κ2) is 7.68. The molecule has 0 aliphatic heterocycles. The fourth-order valence-electron chi connectivity index (χ4n) is 2.58. The summed E-state index contributed by atoms with van der Waals surface area (Å²) in [7, 11) is -3.19. The van der Waals surface area contributed by atoms with E-state index in [2.05, 4.69) is 4.72 Å². The van der Waals surface area contributed by atoms with E-state index in [4.69, 9.17) is 5.73 Å². The molecule has 0 unspecified atom stereocenters. The Labute approximate surface area is 118 Å². The van der Waals surface area contributed by atoms with Gasteiger partial charge in [0.2, 0.25) is 10.0 Å². The molecule has 0 bridgehead atoms. The lowest BCUT2D eigenvalue weighted by Gasteiger charge is -2.31. The minimum atomic E-state index is -3.19. The third-order valence-electron chi connectivity index (χ3n) is 4.05. The molecule has 0 aromatic rings. The highest BCUT2D eigenvalue weighted by molar-refractivity contribution is 7.89. The summed E-state index contributed by atoms with van der Waals surface area (Å²) in [6.45, 7) is 4.33. The summed E-state index contributed by atoms with van der Waals surface area (Å²) >= 11 is 0. The topological polar surface area (TPSA) is 72.2 Å². The smallest absolute Gasteiger partial charge is 0.212 e. The van der Waals surface area contributed by atoms with E-state index in [0.717, 1.165) is 25.7 Å². The lowest BCUT2D eigenvalue weighted by Crippen LogP contribution is -2.53. The van der Waals surface area contributed by atoms with Crippen LogP contribution in [-0.4, -0.2) is 26.3 Å². The normalized spacial score (nSPS) is 17.7. The molecule has 0 aromatic heterocycles. The number of hydrogen-bond donors (Lipinski definition) is 2. The van der Waals surface area contributed by atoms with E-state index in [0.29, 0.717) is 12.5 Å². The molecular formula is C12H27ClN2O2S. The molecule has 0 amide bonds. The van der Waals surface area contributed by atoms with Gasteiger partial charge in [0.15, 0.2) is 0 Å². The summed E-state index contributed by atoms with van der Waals surface area (Å²) in [4.78, 5) is 0. The van der Waals surface area contributed by atoms with E-state index < -0.39 is 15.6 Å². The SMILES string of the molecule is CCC(CC)(CN)NS(=O)(=O)CC1CCCC1.Cl. The van der Waals surface area contributed by atoms with E-state index in [1.807, 2.05) is 13.8 Å². The molecule has 1 saturated carbocycles. The second-order valence-electron chi connectivity index (χ2n) is 5.23. The first-order valence-corrected chi connectivity index (χ1v) is 8.34. The number of nitrogens with two attached hydrogens (primary N) is 1. The van der Waals surface area contributed by atoms with Crippen molar-refractivity contribution in [2.45, 2.75) is 57.9 Å². The Balaban J connectivity index is 0.00000289. The Morgan fingerprint density at radius 3 is 2.11 bits per heavy atom. The highest BCUT2D eigenvalue weighted by Crippen LogP contribution is 2.26. The van der Waals surface area contributed by atoms with Crippen LogP contribution in [0.5, 0.6) is 0 Å². The fraction of sp³-hybridized carbons (Fsp3) is 1.00. The van der Waals surface area contributed by atoms with E-state index in [9.17, 15) is 8.42 Å². The maximum Gasteiger partial charge on any atom is 0.212 e. The molecule has 0 saturated heterocycles. The van der Waals surface area contributed by atoms with Crippen LogP contribution < -0.4 is 10.5 Å². The van der Waals surface area contributed by atoms with Crippen LogP contribution in [-0.2, 0) is 10.0 Å². The van der Waals surface area contributed by atoms with Crippen LogP contribution in [0.4, 0.5) is 0 Å². The molecule has 1 fully saturated rings. The number of rotatable bonds is 7. The van der Waals surface area contributed by atoms with Gasteiger partial charge in [-0.2, -0.15) is 0 Å². The van der Waals surface area contributed by atoms with Gasteiger partial charge >= 0.3 is 0 Å². The van der Waals surface area contributed by atoms with Crippen molar-refractivity contribution in [2.24, 2.45) is 11.7 Å². The highest BCUT2D eigenvalue weighted by Gasteiger charge is 2.31. The van der Waals surface area contributed by atoms with Crippen LogP contribution in [0.15, 0.2) is 0 Å². The Kier molecular flexibility index (Phi) is 7.75. The summed E-state index contributed by atoms with van der Waals surface area (Å²) in [6, 6.07) is 0. The van der Waals surface area contributed by atoms with Crippen molar-refractivity contribution in [1.29, 1.82) is 0 Å². The molecule has 4 nitrogen and oxygen atoms in total. The van der Waals surface area contributed by atoms with Gasteiger partial charge in [-0.05, 0) is 31.6 Å². The van der Waals surface area contributed by atoms with E-state index in [1.54, 1.807) is 0 Å². The summed E-state index contributed by atoms with van der Waals surface area (Å²) in [5.74, 6) is 0.617. The minimum absolute atomic E-state index is 0. The standard InChI is InChI=1S/C12H26N2O2S.ClH/c1-3-12(4-2,10-13)14-17(15,16)9-11-7-5-6-8-11;/h11,14H,3-10,13H2,1-2H3;1H. The summed E-state index contributed by atoms with van der Waals surface area (Å²) in [5.41, 5.74) is 5.27. The van der Waals surface area contributed by atoms with Crippen LogP contribution in [0, 0.1) is 5.92 Å². The van der Waals surface area contributed by atoms with Gasteiger partial charge in [0.1, 0.15) is 0 Å². The van der Waals surface area contributed by atoms with Crippen molar-refractivity contribution in [3.8, 4) is 0 Å². The maximum absolute atomic E-state index is 12.1. The Bertz CT molecular complexity index is 315. The molecule has 0 atom stereocenters. The first-order valence-electron chi connectivity index (χ1n) is 6.68. The average Bonchev–Trinajstić information content (AvgIpc) is 2.78. The van der Waals surface area contributed by atoms with Crippen LogP contribution >= 0.6 is 12.4 Å². The van der Waals surface area contributed by atoms with Gasteiger partial charge in [-0.1, -0.05) is 26.7 Å². The number of sulfonamides is 1. The minimum Gasteiger partial charge on any atom is -0.329 e. The first-order chi connectivity index (χ1) is 7.97. The van der Waals surface area contributed by atoms with Crippen molar-refractivity contribution in [1.82, 2.24) is 4.72 Å². The van der Waals surface area contributed by atoms with Gasteiger partial charge in [0.05, 0.1) is 5.75 Å². The quantitative estimate of drug-likeness (QED) is 0.755. The van der Waals surface area contributed by atoms with Crippen molar-refractivity contribution in [3.63, 3.8) is 0 Å². The largest absolute Gasteiger partial charge is 0.329 e. The van der Waals surface area contributed by atoms with Crippen molar-refractivity contribution in [3.05, 3.63) is 0 Å². The molecule has 0 radical (unpaired) electrons. The highest BCUT2D eigenvalue weighted by atomic mass is 35.5. The van der Waals surface area contributed by atoms with Crippen molar-refractivity contribution >= 4 is 22.4 Å². The van der Waals surface area contributed by atoms with E-state index in [1.165, 1.54) is 12.8 Å². The predicted molar refractivity (Wildman–Crippen MR) is 78.5 cm³/mol. The fourth-order valence-corrected chi connectivity index (χ4v) is 4.65. The van der Waals surface area contributed by atoms with Crippen LogP contribution in [0.1, 0.15) is 52.4 Å². The molecular weight excluding hydrogens is 272 g/mol. The van der Waals surface area contributed by atoms with Crippen LogP contribution in [0.25, 0.3) is 0 Å². The van der Waals surface area contributed by atoms with Gasteiger partial charge in [-0.25, -0.2) is 13.1 Å². The molecule has 110 valence electrons. The molecule has 0 heterocycles. The third-order valence-corrected chi connectivity index (χ3v) is 5.70. The lowest BCUT2D eigenvalue weighted by molar-refractivity contribution is 0.361. The molecule has 3 N–H and O–H groups in total. The lowest BCUT2D eigenvalue weighted by atomic mass is 9.95. The Morgan fingerprint density at radius 1 is 1.22 bits per heavy atom. The Morgan fingerprint density at radius 2 is 1.72 bits per heavy atom. The third kappa shape index (κ3) is 5.03. The average molecular weight is 299 g/mol. The van der Waals surface area contributed by atoms with E-state index >= 15 is 0 Å². The summed E-state index contributed by atoms with van der Waals surface area (Å²) < 4.78 is 27.1. The molecule has 1 aliphatic rings. The van der Waals surface area contributed by atoms with Gasteiger partial charge < -0.3 is 5.73 Å². The number of halogens is 1. The van der Waals surface area contributed by atoms with Crippen LogP contribution in [0.2, 0.25) is 0 Å². The molecule has 6 heteroatoms. The number of nitrogens with one attached hydrogen (secondary N) is 1. The molecule has 1 aliphatic carbocycles. The number of hydrogen-bond acceptors (Lipinski definition) is 3. The van der Waals surface area contributed by atoms with Crippen molar-refractivity contribution < 1.29 is 8.42 Å². The predicted octanol–water partition coefficient (Wildman–Crippen LogP) is 2.04. The van der Waals surface area contributed by atoms with Crippen LogP contribution in [0.3, 0.4) is 0 Å². The summed E-state index contributed by atoms with van der Waals surface area (Å²) in [6.07, 6.45) is 5.92. The van der Waals surface area contributed by atoms with E-state index in [-0.39, 0.29) is 18.2 Å². The molecule has 1 rings (SSSR count). The van der Waals surface area contributed by atoms with Gasteiger partial charge in [-0.3, -0.25) is 0 Å². The monoisotopic (exact) mass is 298 g/mol. The zero-order valence-corrected chi connectivity index (χ0v) is 13.1. The maximum atomic E-state index is 12.1.